The molecule has 0 radical (unpaired) electrons. The zero-order valence-electron chi connectivity index (χ0n) is 15.4. The minimum atomic E-state index is 0.648. The van der Waals surface area contributed by atoms with Gasteiger partial charge < -0.3 is 15.4 Å². The topological polar surface area (TPSA) is 67.5 Å². The zero-order chi connectivity index (χ0) is 17.9. The number of nitrogens with two attached hydrogens (primary N) is 1. The lowest BCUT2D eigenvalue weighted by molar-refractivity contribution is 0.243. The summed E-state index contributed by atoms with van der Waals surface area (Å²) in [4.78, 5) is 14.2. The lowest BCUT2D eigenvalue weighted by Gasteiger charge is -2.31. The lowest BCUT2D eigenvalue weighted by Crippen LogP contribution is -2.34. The Hall–Kier alpha value is -2.34. The number of piperidine rings is 1. The number of rotatable bonds is 4. The van der Waals surface area contributed by atoms with Crippen molar-refractivity contribution in [2.45, 2.75) is 38.8 Å². The molecular weight excluding hydrogens is 326 g/mol. The van der Waals surface area contributed by atoms with E-state index in [1.807, 2.05) is 12.1 Å². The molecule has 1 saturated heterocycles. The number of nitrogens with zero attached hydrogens (tertiary/aromatic N) is 4. The second-order valence-corrected chi connectivity index (χ2v) is 7.19. The molecule has 0 atom stereocenters. The first-order chi connectivity index (χ1) is 12.7. The van der Waals surface area contributed by atoms with Gasteiger partial charge in [-0.1, -0.05) is 12.1 Å². The summed E-state index contributed by atoms with van der Waals surface area (Å²) in [5, 5.41) is 0. The predicted molar refractivity (Wildman–Crippen MR) is 103 cm³/mol. The van der Waals surface area contributed by atoms with E-state index in [1.165, 1.54) is 24.8 Å². The second-order valence-electron chi connectivity index (χ2n) is 7.19. The average Bonchev–Trinajstić information content (AvgIpc) is 2.69. The van der Waals surface area contributed by atoms with Gasteiger partial charge in [0.05, 0.1) is 12.8 Å². The van der Waals surface area contributed by atoms with Crippen LogP contribution in [0.1, 0.15) is 36.1 Å². The van der Waals surface area contributed by atoms with Gasteiger partial charge in [0, 0.05) is 44.7 Å². The number of hydrogen-bond acceptors (Lipinski definition) is 6. The summed E-state index contributed by atoms with van der Waals surface area (Å²) in [6, 6.07) is 8.26. The summed E-state index contributed by atoms with van der Waals surface area (Å²) < 4.78 is 5.23. The van der Waals surface area contributed by atoms with Crippen LogP contribution in [-0.2, 0) is 19.5 Å². The number of fused-ring (bicyclic) bond motifs is 1. The first-order valence-electron chi connectivity index (χ1n) is 9.48. The van der Waals surface area contributed by atoms with Gasteiger partial charge in [-0.2, -0.15) is 4.98 Å². The number of ether oxygens (including phenoxy) is 1. The molecule has 0 unspecified atom stereocenters. The highest BCUT2D eigenvalue weighted by molar-refractivity contribution is 5.49. The molecule has 6 nitrogen and oxygen atoms in total. The summed E-state index contributed by atoms with van der Waals surface area (Å²) in [7, 11) is 1.69. The molecule has 3 heterocycles. The van der Waals surface area contributed by atoms with Gasteiger partial charge >= 0.3 is 0 Å². The molecule has 0 amide bonds. The van der Waals surface area contributed by atoms with Crippen LogP contribution in [0.4, 0.5) is 11.8 Å². The van der Waals surface area contributed by atoms with Gasteiger partial charge in [0.2, 0.25) is 5.95 Å². The van der Waals surface area contributed by atoms with Crippen LogP contribution in [0.25, 0.3) is 0 Å². The fourth-order valence-corrected chi connectivity index (χ4v) is 3.84. The van der Waals surface area contributed by atoms with Gasteiger partial charge in [-0.05, 0) is 37.0 Å². The van der Waals surface area contributed by atoms with E-state index in [1.54, 1.807) is 7.11 Å². The van der Waals surface area contributed by atoms with Crippen LogP contribution in [0.3, 0.4) is 0 Å². The minimum absolute atomic E-state index is 0.648. The highest BCUT2D eigenvalue weighted by atomic mass is 16.5. The van der Waals surface area contributed by atoms with Crippen LogP contribution in [-0.4, -0.2) is 41.6 Å². The van der Waals surface area contributed by atoms with E-state index in [0.717, 1.165) is 62.1 Å². The van der Waals surface area contributed by atoms with Crippen LogP contribution < -0.4 is 15.4 Å². The van der Waals surface area contributed by atoms with E-state index in [9.17, 15) is 0 Å². The van der Waals surface area contributed by atoms with Gasteiger partial charge in [0.1, 0.15) is 11.6 Å². The van der Waals surface area contributed by atoms with Crippen molar-refractivity contribution < 1.29 is 4.74 Å². The van der Waals surface area contributed by atoms with Gasteiger partial charge in [0.15, 0.2) is 0 Å². The number of anilines is 2. The molecule has 1 aromatic heterocycles. The number of nitrogen functional groups attached to an aromatic ring is 1. The fourth-order valence-electron chi connectivity index (χ4n) is 3.84. The van der Waals surface area contributed by atoms with Crippen LogP contribution in [0.5, 0.6) is 5.75 Å². The molecule has 138 valence electrons. The normalized spacial score (nSPS) is 17.8. The molecule has 1 aromatic carbocycles. The van der Waals surface area contributed by atoms with Crippen LogP contribution in [0.2, 0.25) is 0 Å². The van der Waals surface area contributed by atoms with Crippen molar-refractivity contribution in [2.75, 3.05) is 37.4 Å². The van der Waals surface area contributed by atoms with Crippen LogP contribution >= 0.6 is 0 Å². The molecule has 2 N–H and O–H groups in total. The smallest absolute Gasteiger partial charge is 0.227 e. The maximum Gasteiger partial charge on any atom is 0.227 e. The first-order valence-corrected chi connectivity index (χ1v) is 9.48. The number of hydrogen-bond donors (Lipinski definition) is 1. The highest BCUT2D eigenvalue weighted by Crippen LogP contribution is 2.27. The van der Waals surface area contributed by atoms with Crippen molar-refractivity contribution in [3.8, 4) is 5.75 Å². The molecular formula is C20H27N5O. The van der Waals surface area contributed by atoms with E-state index in [0.29, 0.717) is 5.82 Å². The summed E-state index contributed by atoms with van der Waals surface area (Å²) in [5.74, 6) is 2.36. The molecule has 0 saturated carbocycles. The Labute approximate surface area is 155 Å². The Morgan fingerprint density at radius 1 is 1.04 bits per heavy atom. The molecule has 0 bridgehead atoms. The molecule has 0 aliphatic carbocycles. The predicted octanol–water partition coefficient (Wildman–Crippen LogP) is 2.62. The SMILES string of the molecule is COc1ccc(CN2CCc3nc(N4CCCCC4)nc(N)c3C2)cc1. The maximum atomic E-state index is 6.32. The fraction of sp³-hybridized carbons (Fsp3) is 0.500. The zero-order valence-corrected chi connectivity index (χ0v) is 15.4. The Balaban J connectivity index is 1.47. The Bertz CT molecular complexity index is 756. The Morgan fingerprint density at radius 3 is 2.54 bits per heavy atom. The molecule has 0 spiro atoms. The summed E-state index contributed by atoms with van der Waals surface area (Å²) >= 11 is 0. The number of methoxy groups -OCH3 is 1. The number of benzene rings is 1. The van der Waals surface area contributed by atoms with Gasteiger partial charge in [-0.25, -0.2) is 4.98 Å². The molecule has 6 heteroatoms. The standard InChI is InChI=1S/C20H27N5O/c1-26-16-7-5-15(6-8-16)13-24-12-9-18-17(14-24)19(21)23-20(22-18)25-10-3-2-4-11-25/h5-8H,2-4,9-14H2,1H3,(H2,21,22,23). The van der Waals surface area contributed by atoms with Crippen molar-refractivity contribution >= 4 is 11.8 Å². The molecule has 2 aromatic rings. The quantitative estimate of drug-likeness (QED) is 0.911. The molecule has 2 aliphatic rings. The van der Waals surface area contributed by atoms with Crippen molar-refractivity contribution in [3.63, 3.8) is 0 Å². The highest BCUT2D eigenvalue weighted by Gasteiger charge is 2.23. The van der Waals surface area contributed by atoms with Crippen LogP contribution in [0, 0.1) is 0 Å². The van der Waals surface area contributed by atoms with E-state index in [2.05, 4.69) is 26.9 Å². The molecule has 4 rings (SSSR count). The van der Waals surface area contributed by atoms with Crippen molar-refractivity contribution in [2.24, 2.45) is 0 Å². The molecule has 1 fully saturated rings. The van der Waals surface area contributed by atoms with E-state index >= 15 is 0 Å². The third-order valence-electron chi connectivity index (χ3n) is 5.36. The third-order valence-corrected chi connectivity index (χ3v) is 5.36. The summed E-state index contributed by atoms with van der Waals surface area (Å²) in [6.45, 7) is 4.79. The second kappa shape index (κ2) is 7.50. The first kappa shape index (κ1) is 17.1. The van der Waals surface area contributed by atoms with Gasteiger partial charge in [-0.15, -0.1) is 0 Å². The third kappa shape index (κ3) is 3.60. The largest absolute Gasteiger partial charge is 0.497 e. The van der Waals surface area contributed by atoms with Gasteiger partial charge in [-0.3, -0.25) is 4.90 Å². The molecule has 2 aliphatic heterocycles. The maximum absolute atomic E-state index is 6.32. The Kier molecular flexibility index (Phi) is 4.93. The van der Waals surface area contributed by atoms with Crippen molar-refractivity contribution in [1.29, 1.82) is 0 Å². The van der Waals surface area contributed by atoms with Crippen molar-refractivity contribution in [1.82, 2.24) is 14.9 Å². The van der Waals surface area contributed by atoms with Gasteiger partial charge in [0.25, 0.3) is 0 Å². The molecule has 26 heavy (non-hydrogen) atoms. The lowest BCUT2D eigenvalue weighted by atomic mass is 10.0. The summed E-state index contributed by atoms with van der Waals surface area (Å²) in [6.07, 6.45) is 4.67. The minimum Gasteiger partial charge on any atom is -0.497 e. The summed E-state index contributed by atoms with van der Waals surface area (Å²) in [5.41, 5.74) is 9.83. The van der Waals surface area contributed by atoms with Crippen LogP contribution in [0.15, 0.2) is 24.3 Å². The Morgan fingerprint density at radius 2 is 1.81 bits per heavy atom. The van der Waals surface area contributed by atoms with E-state index in [-0.39, 0.29) is 0 Å². The van der Waals surface area contributed by atoms with E-state index < -0.39 is 0 Å². The monoisotopic (exact) mass is 353 g/mol. The number of aromatic nitrogens is 2. The van der Waals surface area contributed by atoms with E-state index in [4.69, 9.17) is 15.5 Å². The van der Waals surface area contributed by atoms with Crippen molar-refractivity contribution in [3.05, 3.63) is 41.1 Å². The average molecular weight is 353 g/mol.